The molecular formula is C17H19FN2O2. The van der Waals surface area contributed by atoms with Gasteiger partial charge < -0.3 is 15.4 Å². The number of para-hydroxylation sites is 1. The van der Waals surface area contributed by atoms with E-state index in [-0.39, 0.29) is 11.8 Å². The van der Waals surface area contributed by atoms with Crippen molar-refractivity contribution in [3.8, 4) is 5.75 Å². The van der Waals surface area contributed by atoms with E-state index in [4.69, 9.17) is 4.74 Å². The number of nitrogens with one attached hydrogen (secondary N) is 2. The lowest BCUT2D eigenvalue weighted by atomic mass is 10.1. The lowest BCUT2D eigenvalue weighted by Gasteiger charge is -2.09. The van der Waals surface area contributed by atoms with Gasteiger partial charge in [-0.25, -0.2) is 9.18 Å². The van der Waals surface area contributed by atoms with Crippen LogP contribution in [0.15, 0.2) is 54.6 Å². The van der Waals surface area contributed by atoms with E-state index in [1.807, 2.05) is 30.3 Å². The number of rotatable bonds is 7. The highest BCUT2D eigenvalue weighted by Gasteiger charge is 2.00. The second-order valence-corrected chi connectivity index (χ2v) is 4.72. The van der Waals surface area contributed by atoms with Crippen molar-refractivity contribution in [2.75, 3.05) is 19.7 Å². The van der Waals surface area contributed by atoms with Crippen LogP contribution in [0.25, 0.3) is 0 Å². The van der Waals surface area contributed by atoms with Crippen LogP contribution in [0.4, 0.5) is 9.18 Å². The minimum absolute atomic E-state index is 0.237. The Kier molecular flexibility index (Phi) is 6.23. The number of carbonyl (C=O) groups excluding carboxylic acids is 1. The third-order valence-corrected chi connectivity index (χ3v) is 3.01. The maximum atomic E-state index is 12.7. The van der Waals surface area contributed by atoms with Crippen LogP contribution < -0.4 is 15.4 Å². The van der Waals surface area contributed by atoms with Crippen LogP contribution in [0.1, 0.15) is 5.56 Å². The first-order valence-electron chi connectivity index (χ1n) is 7.18. The summed E-state index contributed by atoms with van der Waals surface area (Å²) in [6.07, 6.45) is 0.661. The summed E-state index contributed by atoms with van der Waals surface area (Å²) in [5, 5.41) is 5.46. The van der Waals surface area contributed by atoms with Crippen LogP contribution in [0.3, 0.4) is 0 Å². The zero-order chi connectivity index (χ0) is 15.6. The van der Waals surface area contributed by atoms with Crippen molar-refractivity contribution >= 4 is 6.03 Å². The van der Waals surface area contributed by atoms with Crippen molar-refractivity contribution in [1.29, 1.82) is 0 Å². The van der Waals surface area contributed by atoms with Gasteiger partial charge in [-0.3, -0.25) is 0 Å². The third kappa shape index (κ3) is 5.83. The molecular weight excluding hydrogens is 283 g/mol. The van der Waals surface area contributed by atoms with E-state index in [1.165, 1.54) is 12.1 Å². The summed E-state index contributed by atoms with van der Waals surface area (Å²) < 4.78 is 18.2. The van der Waals surface area contributed by atoms with Gasteiger partial charge in [0.05, 0.1) is 6.54 Å². The van der Waals surface area contributed by atoms with Crippen LogP contribution >= 0.6 is 0 Å². The van der Waals surface area contributed by atoms with Gasteiger partial charge in [0.25, 0.3) is 0 Å². The van der Waals surface area contributed by atoms with E-state index < -0.39 is 0 Å². The summed E-state index contributed by atoms with van der Waals surface area (Å²) in [7, 11) is 0. The SMILES string of the molecule is O=C(NCCOc1ccccc1)NCCc1ccc(F)cc1. The molecule has 0 aromatic heterocycles. The van der Waals surface area contributed by atoms with Gasteiger partial charge in [0.15, 0.2) is 0 Å². The molecule has 0 spiro atoms. The van der Waals surface area contributed by atoms with Gasteiger partial charge in [0.2, 0.25) is 0 Å². The maximum absolute atomic E-state index is 12.7. The topological polar surface area (TPSA) is 50.4 Å². The molecule has 2 aromatic carbocycles. The number of benzene rings is 2. The summed E-state index contributed by atoms with van der Waals surface area (Å²) in [5.41, 5.74) is 0.981. The molecule has 0 atom stereocenters. The number of halogens is 1. The molecule has 2 rings (SSSR count). The van der Waals surface area contributed by atoms with Crippen molar-refractivity contribution in [2.24, 2.45) is 0 Å². The summed E-state index contributed by atoms with van der Waals surface area (Å²) >= 11 is 0. The number of carbonyl (C=O) groups is 1. The number of hydrogen-bond acceptors (Lipinski definition) is 2. The molecule has 0 aliphatic rings. The molecule has 0 unspecified atom stereocenters. The summed E-state index contributed by atoms with van der Waals surface area (Å²) in [6, 6.07) is 15.4. The minimum atomic E-state index is -0.257. The Labute approximate surface area is 129 Å². The zero-order valence-corrected chi connectivity index (χ0v) is 12.2. The highest BCUT2D eigenvalue weighted by molar-refractivity contribution is 5.73. The predicted molar refractivity (Wildman–Crippen MR) is 83.4 cm³/mol. The first-order valence-corrected chi connectivity index (χ1v) is 7.18. The Balaban J connectivity index is 1.55. The monoisotopic (exact) mass is 302 g/mol. The Morgan fingerprint density at radius 3 is 2.36 bits per heavy atom. The number of ether oxygens (including phenoxy) is 1. The molecule has 0 bridgehead atoms. The molecule has 0 aliphatic heterocycles. The van der Waals surface area contributed by atoms with Crippen molar-refractivity contribution < 1.29 is 13.9 Å². The van der Waals surface area contributed by atoms with E-state index in [1.54, 1.807) is 12.1 Å². The smallest absolute Gasteiger partial charge is 0.314 e. The molecule has 22 heavy (non-hydrogen) atoms. The highest BCUT2D eigenvalue weighted by atomic mass is 19.1. The molecule has 0 heterocycles. The first kappa shape index (κ1) is 15.8. The molecule has 2 aromatic rings. The largest absolute Gasteiger partial charge is 0.492 e. The maximum Gasteiger partial charge on any atom is 0.314 e. The minimum Gasteiger partial charge on any atom is -0.492 e. The van der Waals surface area contributed by atoms with Crippen molar-refractivity contribution in [3.63, 3.8) is 0 Å². The molecule has 5 heteroatoms. The number of urea groups is 1. The average Bonchev–Trinajstić information content (AvgIpc) is 2.54. The van der Waals surface area contributed by atoms with Crippen LogP contribution in [0.5, 0.6) is 5.75 Å². The lowest BCUT2D eigenvalue weighted by Crippen LogP contribution is -2.38. The number of hydrogen-bond donors (Lipinski definition) is 2. The summed E-state index contributed by atoms with van der Waals surface area (Å²) in [6.45, 7) is 1.34. The van der Waals surface area contributed by atoms with Gasteiger partial charge in [-0.2, -0.15) is 0 Å². The van der Waals surface area contributed by atoms with Gasteiger partial charge in [-0.05, 0) is 36.2 Å². The van der Waals surface area contributed by atoms with Crippen molar-refractivity contribution in [1.82, 2.24) is 10.6 Å². The standard InChI is InChI=1S/C17H19FN2O2/c18-15-8-6-14(7-9-15)10-11-19-17(21)20-12-13-22-16-4-2-1-3-5-16/h1-9H,10-13H2,(H2,19,20,21). The molecule has 116 valence electrons. The fourth-order valence-electron chi connectivity index (χ4n) is 1.88. The molecule has 0 saturated heterocycles. The highest BCUT2D eigenvalue weighted by Crippen LogP contribution is 2.07. The Morgan fingerprint density at radius 1 is 0.955 bits per heavy atom. The summed E-state index contributed by atoms with van der Waals surface area (Å²) in [5.74, 6) is 0.522. The third-order valence-electron chi connectivity index (χ3n) is 3.01. The quantitative estimate of drug-likeness (QED) is 0.773. The van der Waals surface area contributed by atoms with Gasteiger partial charge in [-0.1, -0.05) is 30.3 Å². The second kappa shape index (κ2) is 8.67. The number of amides is 2. The van der Waals surface area contributed by atoms with E-state index in [2.05, 4.69) is 10.6 Å². The van der Waals surface area contributed by atoms with Crippen molar-refractivity contribution in [2.45, 2.75) is 6.42 Å². The molecule has 2 amide bonds. The fourth-order valence-corrected chi connectivity index (χ4v) is 1.88. The van der Waals surface area contributed by atoms with Crippen LogP contribution in [-0.4, -0.2) is 25.7 Å². The van der Waals surface area contributed by atoms with E-state index in [0.717, 1.165) is 11.3 Å². The van der Waals surface area contributed by atoms with Crippen LogP contribution in [0, 0.1) is 5.82 Å². The first-order chi connectivity index (χ1) is 10.7. The van der Waals surface area contributed by atoms with Crippen LogP contribution in [0.2, 0.25) is 0 Å². The van der Waals surface area contributed by atoms with Gasteiger partial charge in [-0.15, -0.1) is 0 Å². The van der Waals surface area contributed by atoms with Gasteiger partial charge >= 0.3 is 6.03 Å². The zero-order valence-electron chi connectivity index (χ0n) is 12.2. The Morgan fingerprint density at radius 2 is 1.64 bits per heavy atom. The fraction of sp³-hybridized carbons (Fsp3) is 0.235. The van der Waals surface area contributed by atoms with Gasteiger partial charge in [0, 0.05) is 6.54 Å². The molecule has 0 aliphatic carbocycles. The molecule has 2 N–H and O–H groups in total. The summed E-state index contributed by atoms with van der Waals surface area (Å²) in [4.78, 5) is 11.6. The molecule has 4 nitrogen and oxygen atoms in total. The second-order valence-electron chi connectivity index (χ2n) is 4.72. The average molecular weight is 302 g/mol. The van der Waals surface area contributed by atoms with Crippen LogP contribution in [-0.2, 0) is 6.42 Å². The molecule has 0 saturated carbocycles. The molecule has 0 fully saturated rings. The lowest BCUT2D eigenvalue weighted by molar-refractivity contribution is 0.236. The van der Waals surface area contributed by atoms with E-state index in [9.17, 15) is 9.18 Å². The van der Waals surface area contributed by atoms with E-state index >= 15 is 0 Å². The predicted octanol–water partition coefficient (Wildman–Crippen LogP) is 2.75. The Hall–Kier alpha value is -2.56. The van der Waals surface area contributed by atoms with Gasteiger partial charge in [0.1, 0.15) is 18.2 Å². The normalized spacial score (nSPS) is 10.0. The Bertz CT molecular complexity index is 573. The van der Waals surface area contributed by atoms with E-state index in [0.29, 0.717) is 26.1 Å². The van der Waals surface area contributed by atoms with Crippen molar-refractivity contribution in [3.05, 3.63) is 66.0 Å². The molecule has 0 radical (unpaired) electrons.